The molecule has 9 heteroatoms. The number of nitrogens with zero attached hydrogens (tertiary/aromatic N) is 5. The highest BCUT2D eigenvalue weighted by Crippen LogP contribution is 2.36. The largest absolute Gasteiger partial charge is 0.311 e. The molecule has 0 bridgehead atoms. The molecular formula is C20H19N5O3S. The molecule has 0 spiro atoms. The second-order valence-electron chi connectivity index (χ2n) is 6.96. The summed E-state index contributed by atoms with van der Waals surface area (Å²) in [7, 11) is 1.77. The monoisotopic (exact) mass is 409 g/mol. The number of nitro groups is 1. The molecule has 3 aromatic rings. The van der Waals surface area contributed by atoms with Crippen LogP contribution < -0.4 is 4.90 Å². The summed E-state index contributed by atoms with van der Waals surface area (Å²) in [6.45, 7) is 2.00. The van der Waals surface area contributed by atoms with Crippen LogP contribution >= 0.6 is 11.8 Å². The number of para-hydroxylation sites is 1. The molecule has 1 aromatic heterocycles. The zero-order chi connectivity index (χ0) is 20.5. The van der Waals surface area contributed by atoms with Crippen LogP contribution in [-0.4, -0.2) is 31.6 Å². The number of anilines is 1. The van der Waals surface area contributed by atoms with Crippen molar-refractivity contribution in [1.82, 2.24) is 14.8 Å². The summed E-state index contributed by atoms with van der Waals surface area (Å²) in [6, 6.07) is 12.4. The van der Waals surface area contributed by atoms with Gasteiger partial charge >= 0.3 is 0 Å². The van der Waals surface area contributed by atoms with E-state index in [1.165, 1.54) is 12.4 Å². The number of fused-ring (bicyclic) bond motifs is 1. The fourth-order valence-corrected chi connectivity index (χ4v) is 4.33. The molecular weight excluding hydrogens is 390 g/mol. The quantitative estimate of drug-likeness (QED) is 0.480. The van der Waals surface area contributed by atoms with Crippen LogP contribution in [0.5, 0.6) is 0 Å². The predicted molar refractivity (Wildman–Crippen MR) is 109 cm³/mol. The van der Waals surface area contributed by atoms with Crippen LogP contribution in [-0.2, 0) is 13.5 Å². The molecule has 1 aliphatic rings. The van der Waals surface area contributed by atoms with Crippen molar-refractivity contribution in [3.63, 3.8) is 0 Å². The van der Waals surface area contributed by atoms with E-state index in [4.69, 9.17) is 0 Å². The Morgan fingerprint density at radius 1 is 1.28 bits per heavy atom. The third-order valence-corrected chi connectivity index (χ3v) is 6.13. The standard InChI is InChI=1S/C20H19N5O3S/c1-13-7-8-14-5-3-4-6-16(14)24(13)19(26)15-9-10-18(17(11-15)25(27)28)29-20-22-21-12-23(20)2/h3-6,9-13H,7-8H2,1-2H3. The Kier molecular flexibility index (Phi) is 5.06. The Hall–Kier alpha value is -3.20. The highest BCUT2D eigenvalue weighted by atomic mass is 32.2. The van der Waals surface area contributed by atoms with Crippen molar-refractivity contribution in [1.29, 1.82) is 0 Å². The zero-order valence-electron chi connectivity index (χ0n) is 16.0. The average molecular weight is 409 g/mol. The van der Waals surface area contributed by atoms with Gasteiger partial charge in [0.05, 0.1) is 9.82 Å². The van der Waals surface area contributed by atoms with Gasteiger partial charge in [0.25, 0.3) is 11.6 Å². The highest BCUT2D eigenvalue weighted by Gasteiger charge is 2.30. The molecule has 1 aliphatic heterocycles. The van der Waals surface area contributed by atoms with Crippen LogP contribution in [0.3, 0.4) is 0 Å². The maximum atomic E-state index is 13.3. The molecule has 1 atom stereocenters. The summed E-state index contributed by atoms with van der Waals surface area (Å²) in [4.78, 5) is 26.7. The van der Waals surface area contributed by atoms with E-state index >= 15 is 0 Å². The molecule has 4 rings (SSSR count). The van der Waals surface area contributed by atoms with E-state index < -0.39 is 4.92 Å². The van der Waals surface area contributed by atoms with Crippen LogP contribution in [0.2, 0.25) is 0 Å². The molecule has 0 aliphatic carbocycles. The Morgan fingerprint density at radius 2 is 2.07 bits per heavy atom. The SMILES string of the molecule is CC1CCc2ccccc2N1C(=O)c1ccc(Sc2nncn2C)c([N+](=O)[O-])c1. The topological polar surface area (TPSA) is 94.2 Å². The van der Waals surface area contributed by atoms with Crippen molar-refractivity contribution in [3.8, 4) is 0 Å². The van der Waals surface area contributed by atoms with Crippen LogP contribution in [0.25, 0.3) is 0 Å². The van der Waals surface area contributed by atoms with Gasteiger partial charge in [0.15, 0.2) is 5.16 Å². The number of hydrogen-bond acceptors (Lipinski definition) is 6. The van der Waals surface area contributed by atoms with Crippen LogP contribution in [0.15, 0.2) is 58.8 Å². The van der Waals surface area contributed by atoms with Crippen molar-refractivity contribution >= 4 is 29.0 Å². The predicted octanol–water partition coefficient (Wildman–Crippen LogP) is 3.86. The van der Waals surface area contributed by atoms with Gasteiger partial charge in [0.1, 0.15) is 6.33 Å². The lowest BCUT2D eigenvalue weighted by atomic mass is 9.95. The Morgan fingerprint density at radius 3 is 2.79 bits per heavy atom. The van der Waals surface area contributed by atoms with Crippen molar-refractivity contribution in [2.24, 2.45) is 7.05 Å². The van der Waals surface area contributed by atoms with Crippen LogP contribution in [0.1, 0.15) is 29.3 Å². The van der Waals surface area contributed by atoms with Gasteiger partial charge < -0.3 is 9.47 Å². The minimum Gasteiger partial charge on any atom is -0.311 e. The fourth-order valence-electron chi connectivity index (χ4n) is 3.48. The van der Waals surface area contributed by atoms with Crippen LogP contribution in [0.4, 0.5) is 11.4 Å². The number of benzene rings is 2. The Balaban J connectivity index is 1.70. The van der Waals surface area contributed by atoms with E-state index in [0.717, 1.165) is 35.9 Å². The number of aryl methyl sites for hydroxylation is 2. The first-order valence-electron chi connectivity index (χ1n) is 9.17. The van der Waals surface area contributed by atoms with Gasteiger partial charge in [0, 0.05) is 30.4 Å². The van der Waals surface area contributed by atoms with Gasteiger partial charge in [0.2, 0.25) is 0 Å². The normalized spacial score (nSPS) is 15.8. The first-order valence-corrected chi connectivity index (χ1v) is 9.99. The molecule has 2 aromatic carbocycles. The first kappa shape index (κ1) is 19.1. The van der Waals surface area contributed by atoms with E-state index in [-0.39, 0.29) is 17.6 Å². The minimum absolute atomic E-state index is 0.0177. The summed E-state index contributed by atoms with van der Waals surface area (Å²) < 4.78 is 1.68. The number of hydrogen-bond donors (Lipinski definition) is 0. The molecule has 0 saturated heterocycles. The lowest BCUT2D eigenvalue weighted by Gasteiger charge is -2.35. The maximum absolute atomic E-state index is 13.3. The molecule has 0 fully saturated rings. The first-order chi connectivity index (χ1) is 14.0. The number of nitro benzene ring substituents is 1. The van der Waals surface area contributed by atoms with Crippen molar-refractivity contribution in [2.75, 3.05) is 4.90 Å². The maximum Gasteiger partial charge on any atom is 0.284 e. The van der Waals surface area contributed by atoms with Crippen molar-refractivity contribution in [3.05, 3.63) is 70.0 Å². The number of aromatic nitrogens is 3. The molecule has 8 nitrogen and oxygen atoms in total. The van der Waals surface area contributed by atoms with Gasteiger partial charge in [-0.15, -0.1) is 10.2 Å². The fraction of sp³-hybridized carbons (Fsp3) is 0.250. The summed E-state index contributed by atoms with van der Waals surface area (Å²) in [6.07, 6.45) is 3.29. The van der Waals surface area contributed by atoms with E-state index in [0.29, 0.717) is 15.6 Å². The van der Waals surface area contributed by atoms with Crippen molar-refractivity contribution < 1.29 is 9.72 Å². The van der Waals surface area contributed by atoms with E-state index in [9.17, 15) is 14.9 Å². The number of amides is 1. The van der Waals surface area contributed by atoms with Crippen LogP contribution in [0, 0.1) is 10.1 Å². The van der Waals surface area contributed by atoms with E-state index in [2.05, 4.69) is 10.2 Å². The van der Waals surface area contributed by atoms with Gasteiger partial charge in [-0.25, -0.2) is 0 Å². The molecule has 2 heterocycles. The molecule has 0 N–H and O–H groups in total. The van der Waals surface area contributed by atoms with E-state index in [1.807, 2.05) is 31.2 Å². The van der Waals surface area contributed by atoms with Gasteiger partial charge in [-0.1, -0.05) is 18.2 Å². The second-order valence-corrected chi connectivity index (χ2v) is 7.97. The third-order valence-electron chi connectivity index (χ3n) is 5.02. The molecule has 148 valence electrons. The molecule has 0 radical (unpaired) electrons. The lowest BCUT2D eigenvalue weighted by Crippen LogP contribution is -2.42. The molecule has 29 heavy (non-hydrogen) atoms. The summed E-state index contributed by atoms with van der Waals surface area (Å²) in [5.74, 6) is -0.233. The second kappa shape index (κ2) is 7.67. The minimum atomic E-state index is -0.469. The Labute approximate surface area is 171 Å². The van der Waals surface area contributed by atoms with Gasteiger partial charge in [-0.3, -0.25) is 14.9 Å². The summed E-state index contributed by atoms with van der Waals surface area (Å²) in [5, 5.41) is 20.0. The third kappa shape index (κ3) is 3.61. The lowest BCUT2D eigenvalue weighted by molar-refractivity contribution is -0.387. The van der Waals surface area contributed by atoms with Gasteiger partial charge in [-0.2, -0.15) is 0 Å². The smallest absolute Gasteiger partial charge is 0.284 e. The molecule has 1 unspecified atom stereocenters. The van der Waals surface area contributed by atoms with Crippen molar-refractivity contribution in [2.45, 2.75) is 35.9 Å². The molecule has 0 saturated carbocycles. The number of rotatable bonds is 4. The summed E-state index contributed by atoms with van der Waals surface area (Å²) in [5.41, 5.74) is 2.16. The zero-order valence-corrected chi connectivity index (χ0v) is 16.8. The number of carbonyl (C=O) groups excluding carboxylic acids is 1. The molecule has 1 amide bonds. The number of carbonyl (C=O) groups is 1. The highest BCUT2D eigenvalue weighted by molar-refractivity contribution is 7.99. The van der Waals surface area contributed by atoms with E-state index in [1.54, 1.807) is 28.6 Å². The average Bonchev–Trinajstić information content (AvgIpc) is 3.12. The Bertz CT molecular complexity index is 1100. The van der Waals surface area contributed by atoms with Gasteiger partial charge in [-0.05, 0) is 55.3 Å². The summed E-state index contributed by atoms with van der Waals surface area (Å²) >= 11 is 1.14.